The van der Waals surface area contributed by atoms with Gasteiger partial charge in [0.05, 0.1) is 6.10 Å². The average molecular weight is 373 g/mol. The standard InChI is InChI=1S/C20H44O2Si2/c1-14-16(2)18(22-24(12,13)20(7,8)9)17(3)15-21-23(10,11)19(4,5)6/h14,16-18H,1,15H2,2-13H3/t16-,17+,18+/m1/s1. The molecule has 0 aliphatic carbocycles. The molecule has 0 aliphatic rings. The quantitative estimate of drug-likeness (QED) is 0.342. The largest absolute Gasteiger partial charge is 0.416 e. The second-order valence-electron chi connectivity index (χ2n) is 10.5. The Morgan fingerprint density at radius 2 is 1.29 bits per heavy atom. The van der Waals surface area contributed by atoms with Crippen LogP contribution < -0.4 is 0 Å². The van der Waals surface area contributed by atoms with Crippen molar-refractivity contribution in [3.63, 3.8) is 0 Å². The zero-order chi connectivity index (χ0) is 19.6. The van der Waals surface area contributed by atoms with E-state index in [2.05, 4.69) is 88.2 Å². The molecule has 0 aromatic carbocycles. The summed E-state index contributed by atoms with van der Waals surface area (Å²) in [5, 5.41) is 0.457. The van der Waals surface area contributed by atoms with Gasteiger partial charge in [-0.15, -0.1) is 6.58 Å². The third-order valence-corrected chi connectivity index (χ3v) is 15.2. The Bertz CT molecular complexity index is 403. The van der Waals surface area contributed by atoms with Gasteiger partial charge in [0.25, 0.3) is 0 Å². The molecule has 0 radical (unpaired) electrons. The Kier molecular flexibility index (Phi) is 8.22. The van der Waals surface area contributed by atoms with Crippen LogP contribution in [0.2, 0.25) is 36.3 Å². The van der Waals surface area contributed by atoms with E-state index in [4.69, 9.17) is 8.85 Å². The molecule has 0 amide bonds. The molecule has 0 aliphatic heterocycles. The first-order valence-corrected chi connectivity index (χ1v) is 15.2. The Hall–Kier alpha value is 0.0938. The molecule has 0 aromatic rings. The van der Waals surface area contributed by atoms with Gasteiger partial charge >= 0.3 is 0 Å². The zero-order valence-electron chi connectivity index (χ0n) is 18.5. The molecule has 144 valence electrons. The van der Waals surface area contributed by atoms with Crippen molar-refractivity contribution in [2.45, 2.75) is 97.8 Å². The van der Waals surface area contributed by atoms with Gasteiger partial charge in [0.15, 0.2) is 16.6 Å². The van der Waals surface area contributed by atoms with E-state index < -0.39 is 16.6 Å². The minimum absolute atomic E-state index is 0.174. The van der Waals surface area contributed by atoms with Crippen LogP contribution in [0.25, 0.3) is 0 Å². The molecule has 3 atom stereocenters. The van der Waals surface area contributed by atoms with E-state index in [0.717, 1.165) is 6.61 Å². The Morgan fingerprint density at radius 1 is 0.875 bits per heavy atom. The van der Waals surface area contributed by atoms with Crippen LogP contribution in [0.3, 0.4) is 0 Å². The van der Waals surface area contributed by atoms with Crippen molar-refractivity contribution in [3.8, 4) is 0 Å². The van der Waals surface area contributed by atoms with Gasteiger partial charge in [-0.2, -0.15) is 0 Å². The lowest BCUT2D eigenvalue weighted by molar-refractivity contribution is 0.0627. The van der Waals surface area contributed by atoms with Gasteiger partial charge < -0.3 is 8.85 Å². The molecule has 0 fully saturated rings. The first-order valence-electron chi connectivity index (χ1n) is 9.40. The Balaban J connectivity index is 5.18. The van der Waals surface area contributed by atoms with Crippen LogP contribution in [0.5, 0.6) is 0 Å². The Morgan fingerprint density at radius 3 is 1.62 bits per heavy atom. The molecule has 0 aromatic heterocycles. The second-order valence-corrected chi connectivity index (χ2v) is 20.1. The van der Waals surface area contributed by atoms with Crippen LogP contribution in [0.4, 0.5) is 0 Å². The van der Waals surface area contributed by atoms with E-state index in [9.17, 15) is 0 Å². The summed E-state index contributed by atoms with van der Waals surface area (Å²) < 4.78 is 13.2. The lowest BCUT2D eigenvalue weighted by Crippen LogP contribution is -2.49. The summed E-state index contributed by atoms with van der Waals surface area (Å²) in [5.74, 6) is 0.693. The monoisotopic (exact) mass is 372 g/mol. The molecule has 0 rings (SSSR count). The highest BCUT2D eigenvalue weighted by Gasteiger charge is 2.42. The van der Waals surface area contributed by atoms with Crippen molar-refractivity contribution in [2.75, 3.05) is 6.61 Å². The minimum atomic E-state index is -1.81. The maximum absolute atomic E-state index is 6.77. The summed E-state index contributed by atoms with van der Waals surface area (Å²) in [7, 11) is -3.54. The lowest BCUT2D eigenvalue weighted by atomic mass is 9.94. The highest BCUT2D eigenvalue weighted by molar-refractivity contribution is 6.74. The van der Waals surface area contributed by atoms with Gasteiger partial charge in [-0.3, -0.25) is 0 Å². The normalized spacial score (nSPS) is 18.2. The van der Waals surface area contributed by atoms with Crippen LogP contribution in [-0.2, 0) is 8.85 Å². The van der Waals surface area contributed by atoms with Gasteiger partial charge in [0.2, 0.25) is 0 Å². The molecule has 0 saturated heterocycles. The van der Waals surface area contributed by atoms with Crippen LogP contribution >= 0.6 is 0 Å². The van der Waals surface area contributed by atoms with E-state index in [1.165, 1.54) is 0 Å². The number of hydrogen-bond donors (Lipinski definition) is 0. The summed E-state index contributed by atoms with van der Waals surface area (Å²) in [6.45, 7) is 32.3. The fourth-order valence-electron chi connectivity index (χ4n) is 2.04. The molecule has 0 spiro atoms. The van der Waals surface area contributed by atoms with Gasteiger partial charge in [0.1, 0.15) is 0 Å². The van der Waals surface area contributed by atoms with Crippen LogP contribution in [0.15, 0.2) is 12.7 Å². The summed E-state index contributed by atoms with van der Waals surface area (Å²) >= 11 is 0. The van der Waals surface area contributed by atoms with Gasteiger partial charge in [-0.05, 0) is 42.2 Å². The molecule has 0 saturated carbocycles. The predicted molar refractivity (Wildman–Crippen MR) is 114 cm³/mol. The highest BCUT2D eigenvalue weighted by Crippen LogP contribution is 2.40. The topological polar surface area (TPSA) is 18.5 Å². The molecular formula is C20H44O2Si2. The first kappa shape index (κ1) is 24.1. The van der Waals surface area contributed by atoms with E-state index in [1.807, 2.05) is 6.08 Å². The molecule has 4 heteroatoms. The van der Waals surface area contributed by atoms with Crippen molar-refractivity contribution in [2.24, 2.45) is 11.8 Å². The highest BCUT2D eigenvalue weighted by atomic mass is 28.4. The summed E-state index contributed by atoms with van der Waals surface area (Å²) in [4.78, 5) is 0. The van der Waals surface area contributed by atoms with Crippen molar-refractivity contribution in [1.82, 2.24) is 0 Å². The van der Waals surface area contributed by atoms with Crippen LogP contribution in [0, 0.1) is 11.8 Å². The third-order valence-electron chi connectivity index (χ3n) is 6.20. The minimum Gasteiger partial charge on any atom is -0.416 e. The van der Waals surface area contributed by atoms with Gasteiger partial charge in [-0.25, -0.2) is 0 Å². The van der Waals surface area contributed by atoms with Gasteiger partial charge in [0, 0.05) is 12.5 Å². The van der Waals surface area contributed by atoms with E-state index >= 15 is 0 Å². The SMILES string of the molecule is C=C[C@@H](C)[C@H](O[Si](C)(C)C(C)(C)C)[C@@H](C)CO[Si](C)(C)C(C)(C)C. The molecular weight excluding hydrogens is 328 g/mol. The zero-order valence-corrected chi connectivity index (χ0v) is 20.5. The van der Waals surface area contributed by atoms with Gasteiger partial charge in [-0.1, -0.05) is 61.5 Å². The van der Waals surface area contributed by atoms with E-state index in [0.29, 0.717) is 11.8 Å². The number of hydrogen-bond acceptors (Lipinski definition) is 2. The predicted octanol–water partition coefficient (Wildman–Crippen LogP) is 6.86. The molecule has 0 bridgehead atoms. The van der Waals surface area contributed by atoms with Crippen molar-refractivity contribution in [3.05, 3.63) is 12.7 Å². The fraction of sp³-hybridized carbons (Fsp3) is 0.900. The fourth-order valence-corrected chi connectivity index (χ4v) is 4.64. The van der Waals surface area contributed by atoms with Crippen LogP contribution in [-0.4, -0.2) is 29.3 Å². The second kappa shape index (κ2) is 8.19. The molecule has 2 nitrogen and oxygen atoms in total. The maximum Gasteiger partial charge on any atom is 0.192 e. The molecule has 0 N–H and O–H groups in total. The van der Waals surface area contributed by atoms with E-state index in [1.54, 1.807) is 0 Å². The Labute approximate surface area is 154 Å². The molecule has 0 heterocycles. The number of rotatable bonds is 8. The maximum atomic E-state index is 6.77. The van der Waals surface area contributed by atoms with Crippen molar-refractivity contribution in [1.29, 1.82) is 0 Å². The van der Waals surface area contributed by atoms with Crippen molar-refractivity contribution < 1.29 is 8.85 Å². The van der Waals surface area contributed by atoms with E-state index in [-0.39, 0.29) is 16.2 Å². The van der Waals surface area contributed by atoms with Crippen LogP contribution in [0.1, 0.15) is 55.4 Å². The smallest absolute Gasteiger partial charge is 0.192 e. The summed E-state index contributed by atoms with van der Waals surface area (Å²) in [5.41, 5.74) is 0. The summed E-state index contributed by atoms with van der Waals surface area (Å²) in [6, 6.07) is 0. The third kappa shape index (κ3) is 6.43. The average Bonchev–Trinajstić information content (AvgIpc) is 2.38. The lowest BCUT2D eigenvalue weighted by Gasteiger charge is -2.43. The summed E-state index contributed by atoms with van der Waals surface area (Å²) in [6.07, 6.45) is 2.20. The first-order chi connectivity index (χ1) is 10.5. The molecule has 0 unspecified atom stereocenters. The molecule has 24 heavy (non-hydrogen) atoms. The van der Waals surface area contributed by atoms with Crippen molar-refractivity contribution >= 4 is 16.6 Å².